The van der Waals surface area contributed by atoms with Gasteiger partial charge in [0.25, 0.3) is 0 Å². The van der Waals surface area contributed by atoms with Crippen molar-refractivity contribution in [1.82, 2.24) is 9.80 Å². The Balaban J connectivity index is 1.43. The second-order valence-electron chi connectivity index (χ2n) is 6.58. The van der Waals surface area contributed by atoms with E-state index in [1.54, 1.807) is 24.3 Å². The Kier molecular flexibility index (Phi) is 6.42. The maximum absolute atomic E-state index is 12.4. The first-order valence-electron chi connectivity index (χ1n) is 8.94. The van der Waals surface area contributed by atoms with Gasteiger partial charge in [-0.3, -0.25) is 14.5 Å². The molecular weight excluding hydrogens is 348 g/mol. The fraction of sp³-hybridized carbons (Fsp3) is 0.333. The predicted octanol–water partition coefficient (Wildman–Crippen LogP) is 3.65. The van der Waals surface area contributed by atoms with E-state index >= 15 is 0 Å². The van der Waals surface area contributed by atoms with Crippen LogP contribution in [0.25, 0.3) is 0 Å². The molecule has 2 aromatic carbocycles. The number of amides is 1. The van der Waals surface area contributed by atoms with Gasteiger partial charge in [0.1, 0.15) is 0 Å². The van der Waals surface area contributed by atoms with Crippen LogP contribution in [0.4, 0.5) is 0 Å². The zero-order valence-corrected chi connectivity index (χ0v) is 15.5. The van der Waals surface area contributed by atoms with Crippen LogP contribution in [-0.4, -0.2) is 47.7 Å². The summed E-state index contributed by atoms with van der Waals surface area (Å²) >= 11 is 5.91. The molecule has 0 unspecified atom stereocenters. The molecule has 0 bridgehead atoms. The molecule has 1 saturated heterocycles. The second-order valence-corrected chi connectivity index (χ2v) is 7.01. The minimum atomic E-state index is -0.0384. The number of ketones is 1. The van der Waals surface area contributed by atoms with Gasteiger partial charge < -0.3 is 4.90 Å². The lowest BCUT2D eigenvalue weighted by Crippen LogP contribution is -2.48. The molecule has 0 spiro atoms. The van der Waals surface area contributed by atoms with Gasteiger partial charge in [-0.25, -0.2) is 0 Å². The molecule has 0 aliphatic carbocycles. The van der Waals surface area contributed by atoms with E-state index in [1.165, 1.54) is 5.56 Å². The molecule has 0 aromatic heterocycles. The summed E-state index contributed by atoms with van der Waals surface area (Å²) in [6.07, 6.45) is 0.480. The van der Waals surface area contributed by atoms with Crippen molar-refractivity contribution in [3.63, 3.8) is 0 Å². The van der Waals surface area contributed by atoms with Gasteiger partial charge in [0, 0.05) is 56.2 Å². The molecule has 1 fully saturated rings. The number of rotatable bonds is 6. The van der Waals surface area contributed by atoms with Gasteiger partial charge in [-0.15, -0.1) is 0 Å². The maximum Gasteiger partial charge on any atom is 0.223 e. The van der Waals surface area contributed by atoms with E-state index in [-0.39, 0.29) is 24.5 Å². The van der Waals surface area contributed by atoms with Crippen LogP contribution in [0.15, 0.2) is 54.6 Å². The SMILES string of the molecule is O=C(CCC(=O)N1CCN(Cc2ccccc2)CC1)c1cccc(Cl)c1. The zero-order chi connectivity index (χ0) is 18.4. The van der Waals surface area contributed by atoms with Gasteiger partial charge in [-0.1, -0.05) is 54.1 Å². The standard InChI is InChI=1S/C21H23ClN2O2/c22-19-8-4-7-18(15-19)20(25)9-10-21(26)24-13-11-23(12-14-24)16-17-5-2-1-3-6-17/h1-8,15H,9-14,16H2. The van der Waals surface area contributed by atoms with Crippen LogP contribution < -0.4 is 0 Å². The number of benzene rings is 2. The maximum atomic E-state index is 12.4. The summed E-state index contributed by atoms with van der Waals surface area (Å²) in [7, 11) is 0. The molecule has 5 heteroatoms. The number of hydrogen-bond donors (Lipinski definition) is 0. The Bertz CT molecular complexity index is 756. The molecule has 3 rings (SSSR count). The summed E-state index contributed by atoms with van der Waals surface area (Å²) in [5, 5.41) is 0.539. The third-order valence-corrected chi connectivity index (χ3v) is 4.92. The van der Waals surface area contributed by atoms with E-state index in [4.69, 9.17) is 11.6 Å². The van der Waals surface area contributed by atoms with Gasteiger partial charge >= 0.3 is 0 Å². The Labute approximate surface area is 159 Å². The van der Waals surface area contributed by atoms with E-state index in [1.807, 2.05) is 23.1 Å². The summed E-state index contributed by atoms with van der Waals surface area (Å²) in [6.45, 7) is 4.08. The highest BCUT2D eigenvalue weighted by atomic mass is 35.5. The zero-order valence-electron chi connectivity index (χ0n) is 14.7. The highest BCUT2D eigenvalue weighted by Crippen LogP contribution is 2.14. The van der Waals surface area contributed by atoms with Crippen molar-refractivity contribution in [3.05, 3.63) is 70.7 Å². The topological polar surface area (TPSA) is 40.6 Å². The average molecular weight is 371 g/mol. The molecule has 4 nitrogen and oxygen atoms in total. The largest absolute Gasteiger partial charge is 0.340 e. The Hall–Kier alpha value is -2.17. The number of halogens is 1. The number of hydrogen-bond acceptors (Lipinski definition) is 3. The smallest absolute Gasteiger partial charge is 0.223 e. The molecule has 0 saturated carbocycles. The average Bonchev–Trinajstić information content (AvgIpc) is 2.67. The van der Waals surface area contributed by atoms with Crippen LogP contribution in [0.1, 0.15) is 28.8 Å². The van der Waals surface area contributed by atoms with Crippen molar-refractivity contribution in [3.8, 4) is 0 Å². The summed E-state index contributed by atoms with van der Waals surface area (Å²) in [5.74, 6) is 0.0169. The summed E-state index contributed by atoms with van der Waals surface area (Å²) < 4.78 is 0. The van der Waals surface area contributed by atoms with Crippen LogP contribution in [0, 0.1) is 0 Å². The van der Waals surface area contributed by atoms with E-state index in [9.17, 15) is 9.59 Å². The third-order valence-electron chi connectivity index (χ3n) is 4.69. The molecule has 1 aliphatic rings. The van der Waals surface area contributed by atoms with Crippen molar-refractivity contribution in [2.24, 2.45) is 0 Å². The second kappa shape index (κ2) is 8.97. The molecular formula is C21H23ClN2O2. The lowest BCUT2D eigenvalue weighted by atomic mass is 10.1. The number of carbonyl (C=O) groups excluding carboxylic acids is 2. The van der Waals surface area contributed by atoms with Crippen LogP contribution in [0.5, 0.6) is 0 Å². The number of carbonyl (C=O) groups is 2. The van der Waals surface area contributed by atoms with E-state index in [0.717, 1.165) is 32.7 Å². The Morgan fingerprint density at radius 1 is 0.885 bits per heavy atom. The number of piperazine rings is 1. The first kappa shape index (κ1) is 18.6. The van der Waals surface area contributed by atoms with Gasteiger partial charge in [0.15, 0.2) is 5.78 Å². The fourth-order valence-corrected chi connectivity index (χ4v) is 3.37. The van der Waals surface area contributed by atoms with Gasteiger partial charge in [-0.05, 0) is 17.7 Å². The molecule has 0 atom stereocenters. The molecule has 1 amide bonds. The first-order valence-corrected chi connectivity index (χ1v) is 9.32. The van der Waals surface area contributed by atoms with Crippen molar-refractivity contribution in [1.29, 1.82) is 0 Å². The van der Waals surface area contributed by atoms with Crippen molar-refractivity contribution >= 4 is 23.3 Å². The van der Waals surface area contributed by atoms with Crippen LogP contribution in [0.3, 0.4) is 0 Å². The highest BCUT2D eigenvalue weighted by molar-refractivity contribution is 6.31. The normalized spacial score (nSPS) is 15.0. The lowest BCUT2D eigenvalue weighted by Gasteiger charge is -2.34. The van der Waals surface area contributed by atoms with Gasteiger partial charge in [0.2, 0.25) is 5.91 Å². The fourth-order valence-electron chi connectivity index (χ4n) is 3.18. The number of Topliss-reactive ketones (excluding diaryl/α,β-unsaturated/α-hetero) is 1. The molecule has 0 N–H and O–H groups in total. The molecule has 0 radical (unpaired) electrons. The molecule has 136 valence electrons. The molecule has 2 aromatic rings. The minimum absolute atomic E-state index is 0.0384. The minimum Gasteiger partial charge on any atom is -0.340 e. The Morgan fingerprint density at radius 2 is 1.62 bits per heavy atom. The summed E-state index contributed by atoms with van der Waals surface area (Å²) in [4.78, 5) is 28.8. The summed E-state index contributed by atoms with van der Waals surface area (Å²) in [5.41, 5.74) is 1.86. The summed E-state index contributed by atoms with van der Waals surface area (Å²) in [6, 6.07) is 17.2. The first-order chi connectivity index (χ1) is 12.6. The molecule has 1 aliphatic heterocycles. The van der Waals surface area contributed by atoms with Crippen LogP contribution in [0.2, 0.25) is 5.02 Å². The van der Waals surface area contributed by atoms with Crippen molar-refractivity contribution in [2.75, 3.05) is 26.2 Å². The third kappa shape index (κ3) is 5.16. The Morgan fingerprint density at radius 3 is 2.31 bits per heavy atom. The molecule has 26 heavy (non-hydrogen) atoms. The molecule has 1 heterocycles. The van der Waals surface area contributed by atoms with Crippen molar-refractivity contribution < 1.29 is 9.59 Å². The van der Waals surface area contributed by atoms with E-state index < -0.39 is 0 Å². The monoisotopic (exact) mass is 370 g/mol. The quantitative estimate of drug-likeness (QED) is 0.729. The highest BCUT2D eigenvalue weighted by Gasteiger charge is 2.21. The van der Waals surface area contributed by atoms with Gasteiger partial charge in [-0.2, -0.15) is 0 Å². The predicted molar refractivity (Wildman–Crippen MR) is 103 cm³/mol. The van der Waals surface area contributed by atoms with E-state index in [0.29, 0.717) is 10.6 Å². The van der Waals surface area contributed by atoms with Crippen LogP contribution in [-0.2, 0) is 11.3 Å². The van der Waals surface area contributed by atoms with Crippen molar-refractivity contribution in [2.45, 2.75) is 19.4 Å². The number of nitrogens with zero attached hydrogens (tertiary/aromatic N) is 2. The lowest BCUT2D eigenvalue weighted by molar-refractivity contribution is -0.132. The van der Waals surface area contributed by atoms with Crippen LogP contribution >= 0.6 is 11.6 Å². The van der Waals surface area contributed by atoms with Gasteiger partial charge in [0.05, 0.1) is 0 Å². The van der Waals surface area contributed by atoms with E-state index in [2.05, 4.69) is 17.0 Å².